The van der Waals surface area contributed by atoms with Crippen molar-refractivity contribution in [2.75, 3.05) is 5.32 Å². The van der Waals surface area contributed by atoms with Gasteiger partial charge < -0.3 is 10.1 Å². The predicted molar refractivity (Wildman–Crippen MR) is 153 cm³/mol. The van der Waals surface area contributed by atoms with Gasteiger partial charge >= 0.3 is 6.03 Å². The summed E-state index contributed by atoms with van der Waals surface area (Å²) in [4.78, 5) is 13.0. The number of nitrogens with one attached hydrogen (secondary N) is 2. The maximum absolute atomic E-state index is 13.0. The molecule has 1 aliphatic carbocycles. The molecule has 9 nitrogen and oxygen atoms in total. The van der Waals surface area contributed by atoms with Crippen molar-refractivity contribution in [3.05, 3.63) is 65.7 Å². The number of fused-ring (bicyclic) bond motifs is 1. The first-order valence-electron chi connectivity index (χ1n) is 13.8. The molecule has 9 heteroatoms. The normalized spacial score (nSPS) is 17.9. The standard InChI is InChI=1S/C30H39N7O2/c1-19(2)28-34-33-26-16-15-24(18-36(26)28)39-23-13-9-21(10-14-23)31-29(38)32-27-17-25(30(4,5)6)35-37(27)22-11-7-20(3)8-12-22/h7-8,11-12,15-19,21,23H,9-10,13-14H2,1-6H3,(H2,31,32,38)/t21-,23-. The SMILES string of the molecule is Cc1ccc(-n2nc(C(C)(C)C)cc2NC(=O)N[C@H]2CC[C@H](Oc3ccc4nnc(C(C)C)n4c3)CC2)cc1. The van der Waals surface area contributed by atoms with Crippen LogP contribution in [0.4, 0.5) is 10.6 Å². The van der Waals surface area contributed by atoms with Gasteiger partial charge in [-0.2, -0.15) is 5.10 Å². The molecule has 0 aliphatic heterocycles. The van der Waals surface area contributed by atoms with Crippen LogP contribution in [-0.2, 0) is 5.41 Å². The third kappa shape index (κ3) is 6.08. The zero-order valence-corrected chi connectivity index (χ0v) is 23.7. The lowest BCUT2D eigenvalue weighted by Crippen LogP contribution is -2.42. The number of aryl methyl sites for hydroxylation is 1. The van der Waals surface area contributed by atoms with Gasteiger partial charge in [-0.3, -0.25) is 9.72 Å². The van der Waals surface area contributed by atoms with Gasteiger partial charge in [0.25, 0.3) is 0 Å². The van der Waals surface area contributed by atoms with Gasteiger partial charge in [0.2, 0.25) is 0 Å². The molecule has 4 aromatic rings. The van der Waals surface area contributed by atoms with Crippen LogP contribution in [0.15, 0.2) is 48.7 Å². The average molecular weight is 530 g/mol. The minimum Gasteiger partial charge on any atom is -0.489 e. The third-order valence-corrected chi connectivity index (χ3v) is 7.23. The second kappa shape index (κ2) is 10.7. The molecule has 1 fully saturated rings. The summed E-state index contributed by atoms with van der Waals surface area (Å²) in [5.74, 6) is 2.67. The van der Waals surface area contributed by atoms with E-state index in [1.165, 1.54) is 5.56 Å². The highest BCUT2D eigenvalue weighted by atomic mass is 16.5. The van der Waals surface area contributed by atoms with E-state index in [1.54, 1.807) is 0 Å². The zero-order valence-electron chi connectivity index (χ0n) is 23.7. The fourth-order valence-corrected chi connectivity index (χ4v) is 4.93. The topological polar surface area (TPSA) is 98.4 Å². The van der Waals surface area contributed by atoms with Crippen LogP contribution in [0.25, 0.3) is 11.3 Å². The highest BCUT2D eigenvalue weighted by molar-refractivity contribution is 5.89. The first-order chi connectivity index (χ1) is 18.6. The van der Waals surface area contributed by atoms with E-state index in [-0.39, 0.29) is 29.5 Å². The molecule has 3 aromatic heterocycles. The number of hydrogen-bond donors (Lipinski definition) is 2. The van der Waals surface area contributed by atoms with E-state index in [2.05, 4.69) is 62.4 Å². The second-order valence-electron chi connectivity index (χ2n) is 11.9. The minimum absolute atomic E-state index is 0.0931. The van der Waals surface area contributed by atoms with Crippen molar-refractivity contribution in [2.24, 2.45) is 0 Å². The zero-order chi connectivity index (χ0) is 27.7. The molecular formula is C30H39N7O2. The summed E-state index contributed by atoms with van der Waals surface area (Å²) in [6.07, 6.45) is 5.55. The molecule has 2 N–H and O–H groups in total. The van der Waals surface area contributed by atoms with Gasteiger partial charge in [0.15, 0.2) is 5.65 Å². The second-order valence-corrected chi connectivity index (χ2v) is 11.9. The number of benzene rings is 1. The average Bonchev–Trinajstić information content (AvgIpc) is 3.50. The lowest BCUT2D eigenvalue weighted by atomic mass is 9.92. The number of nitrogens with zero attached hydrogens (tertiary/aromatic N) is 5. The van der Waals surface area contributed by atoms with Crippen molar-refractivity contribution in [2.45, 2.75) is 90.7 Å². The molecule has 0 unspecified atom stereocenters. The van der Waals surface area contributed by atoms with Crippen LogP contribution in [0.1, 0.15) is 83.3 Å². The quantitative estimate of drug-likeness (QED) is 0.312. The molecular weight excluding hydrogens is 490 g/mol. The number of carbonyl (C=O) groups is 1. The van der Waals surface area contributed by atoms with Crippen LogP contribution in [0.5, 0.6) is 5.75 Å². The summed E-state index contributed by atoms with van der Waals surface area (Å²) in [7, 11) is 0. The predicted octanol–water partition coefficient (Wildman–Crippen LogP) is 6.16. The lowest BCUT2D eigenvalue weighted by Gasteiger charge is -2.29. The molecule has 2 amide bonds. The van der Waals surface area contributed by atoms with E-state index in [0.717, 1.165) is 54.3 Å². The smallest absolute Gasteiger partial charge is 0.320 e. The summed E-state index contributed by atoms with van der Waals surface area (Å²) in [6, 6.07) is 13.9. The van der Waals surface area contributed by atoms with Gasteiger partial charge in [-0.1, -0.05) is 52.3 Å². The number of hydrogen-bond acceptors (Lipinski definition) is 5. The summed E-state index contributed by atoms with van der Waals surface area (Å²) < 4.78 is 10.1. The molecule has 5 rings (SSSR count). The Morgan fingerprint density at radius 1 is 1.03 bits per heavy atom. The monoisotopic (exact) mass is 529 g/mol. The Labute approximate surface area is 230 Å². The van der Waals surface area contributed by atoms with Crippen molar-refractivity contribution in [3.63, 3.8) is 0 Å². The highest BCUT2D eigenvalue weighted by Crippen LogP contribution is 2.28. The molecule has 39 heavy (non-hydrogen) atoms. The summed E-state index contributed by atoms with van der Waals surface area (Å²) in [5, 5.41) is 19.6. The Morgan fingerprint density at radius 2 is 1.74 bits per heavy atom. The van der Waals surface area contributed by atoms with Gasteiger partial charge in [0, 0.05) is 23.4 Å². The van der Waals surface area contributed by atoms with E-state index >= 15 is 0 Å². The largest absolute Gasteiger partial charge is 0.489 e. The molecule has 206 valence electrons. The molecule has 3 heterocycles. The van der Waals surface area contributed by atoms with Gasteiger partial charge in [0.1, 0.15) is 17.4 Å². The van der Waals surface area contributed by atoms with Crippen LogP contribution in [0.2, 0.25) is 0 Å². The molecule has 1 aliphatic rings. The first kappa shape index (κ1) is 26.7. The number of aromatic nitrogens is 5. The number of amides is 2. The molecule has 1 saturated carbocycles. The number of rotatable bonds is 6. The van der Waals surface area contributed by atoms with Gasteiger partial charge in [-0.25, -0.2) is 9.48 Å². The molecule has 0 spiro atoms. The minimum atomic E-state index is -0.215. The number of anilines is 1. The van der Waals surface area contributed by atoms with Crippen LogP contribution in [-0.4, -0.2) is 42.6 Å². The molecule has 0 radical (unpaired) electrons. The Morgan fingerprint density at radius 3 is 2.41 bits per heavy atom. The van der Waals surface area contributed by atoms with Crippen LogP contribution in [0, 0.1) is 6.92 Å². The molecule has 0 bridgehead atoms. The fraction of sp³-hybridized carbons (Fsp3) is 0.467. The van der Waals surface area contributed by atoms with Crippen molar-refractivity contribution < 1.29 is 9.53 Å². The molecule has 0 atom stereocenters. The van der Waals surface area contributed by atoms with Crippen molar-refractivity contribution in [1.82, 2.24) is 29.7 Å². The van der Waals surface area contributed by atoms with Crippen LogP contribution >= 0.6 is 0 Å². The number of urea groups is 1. The fourth-order valence-electron chi connectivity index (χ4n) is 4.93. The summed E-state index contributed by atoms with van der Waals surface area (Å²) in [6.45, 7) is 12.6. The van der Waals surface area contributed by atoms with E-state index in [1.807, 2.05) is 57.7 Å². The Hall–Kier alpha value is -3.88. The maximum Gasteiger partial charge on any atom is 0.320 e. The van der Waals surface area contributed by atoms with Crippen molar-refractivity contribution in [3.8, 4) is 11.4 Å². The van der Waals surface area contributed by atoms with Crippen molar-refractivity contribution >= 4 is 17.5 Å². The van der Waals surface area contributed by atoms with E-state index in [4.69, 9.17) is 9.84 Å². The highest BCUT2D eigenvalue weighted by Gasteiger charge is 2.26. The Balaban J connectivity index is 1.19. The summed E-state index contributed by atoms with van der Waals surface area (Å²) in [5.41, 5.74) is 3.68. The van der Waals surface area contributed by atoms with Crippen LogP contribution < -0.4 is 15.4 Å². The Bertz CT molecular complexity index is 1440. The first-order valence-corrected chi connectivity index (χ1v) is 13.8. The number of pyridine rings is 1. The van der Waals surface area contributed by atoms with Crippen molar-refractivity contribution in [1.29, 1.82) is 0 Å². The van der Waals surface area contributed by atoms with Gasteiger partial charge in [-0.05, 0) is 56.9 Å². The number of ether oxygens (including phenoxy) is 1. The number of carbonyl (C=O) groups excluding carboxylic acids is 1. The summed E-state index contributed by atoms with van der Waals surface area (Å²) >= 11 is 0. The van der Waals surface area contributed by atoms with Gasteiger partial charge in [0.05, 0.1) is 23.7 Å². The lowest BCUT2D eigenvalue weighted by molar-refractivity contribution is 0.140. The van der Waals surface area contributed by atoms with E-state index in [0.29, 0.717) is 5.82 Å². The third-order valence-electron chi connectivity index (χ3n) is 7.23. The van der Waals surface area contributed by atoms with E-state index in [9.17, 15) is 4.79 Å². The van der Waals surface area contributed by atoms with Gasteiger partial charge in [-0.15, -0.1) is 10.2 Å². The van der Waals surface area contributed by atoms with Crippen LogP contribution in [0.3, 0.4) is 0 Å². The maximum atomic E-state index is 13.0. The molecule has 1 aromatic carbocycles. The Kier molecular flexibility index (Phi) is 7.34. The molecule has 0 saturated heterocycles. The van der Waals surface area contributed by atoms with E-state index < -0.39 is 0 Å².